The topological polar surface area (TPSA) is 12.5 Å². The van der Waals surface area contributed by atoms with Gasteiger partial charge < -0.3 is 0 Å². The Balaban J connectivity index is 1.79. The lowest BCUT2D eigenvalue weighted by Crippen LogP contribution is -2.27. The molecule has 102 valence electrons. The first-order chi connectivity index (χ1) is 9.72. The van der Waals surface area contributed by atoms with Gasteiger partial charge in [0.15, 0.2) is 0 Å². The number of rotatable bonds is 1. The second kappa shape index (κ2) is 4.66. The molecule has 0 aliphatic carbocycles. The van der Waals surface area contributed by atoms with Gasteiger partial charge in [0.25, 0.3) is 0 Å². The number of hydrogen-bond donors (Lipinski definition) is 0. The normalized spacial score (nSPS) is 23.8. The highest BCUT2D eigenvalue weighted by Crippen LogP contribution is 2.46. The quantitative estimate of drug-likeness (QED) is 0.750. The molecule has 0 unspecified atom stereocenters. The zero-order chi connectivity index (χ0) is 13.7. The van der Waals surface area contributed by atoms with E-state index in [1.807, 2.05) is 41.5 Å². The maximum Gasteiger partial charge on any atom is 0.0921 e. The van der Waals surface area contributed by atoms with Gasteiger partial charge in [-0.3, -0.25) is 4.84 Å². The Morgan fingerprint density at radius 2 is 1.95 bits per heavy atom. The molecule has 2 nitrogen and oxygen atoms in total. The molecule has 0 radical (unpaired) electrons. The lowest BCUT2D eigenvalue weighted by Gasteiger charge is -2.30. The predicted molar refractivity (Wildman–Crippen MR) is 81.3 cm³/mol. The molecule has 2 aromatic carbocycles. The molecule has 0 spiro atoms. The minimum Gasteiger partial charge on any atom is -0.269 e. The van der Waals surface area contributed by atoms with Crippen LogP contribution in [0.5, 0.6) is 0 Å². The van der Waals surface area contributed by atoms with Crippen LogP contribution in [0.25, 0.3) is 0 Å². The third-order valence-electron chi connectivity index (χ3n) is 4.02. The van der Waals surface area contributed by atoms with Gasteiger partial charge in [-0.1, -0.05) is 41.4 Å². The molecule has 0 aromatic heterocycles. The summed E-state index contributed by atoms with van der Waals surface area (Å²) in [5.41, 5.74) is 3.48. The van der Waals surface area contributed by atoms with Crippen molar-refractivity contribution in [1.82, 2.24) is 0 Å². The molecule has 0 saturated carbocycles. The molecule has 0 amide bonds. The lowest BCUT2D eigenvalue weighted by atomic mass is 10.0. The smallest absolute Gasteiger partial charge is 0.0921 e. The molecule has 4 heteroatoms. The van der Waals surface area contributed by atoms with Crippen LogP contribution in [0.4, 0.5) is 5.69 Å². The summed E-state index contributed by atoms with van der Waals surface area (Å²) in [6.07, 6.45) is 2.07. The van der Waals surface area contributed by atoms with E-state index in [9.17, 15) is 0 Å². The summed E-state index contributed by atoms with van der Waals surface area (Å²) in [6.45, 7) is 0. The average molecular weight is 306 g/mol. The Labute approximate surface area is 127 Å². The van der Waals surface area contributed by atoms with Gasteiger partial charge in [-0.05, 0) is 35.4 Å². The molecule has 1 saturated heterocycles. The second-order valence-electron chi connectivity index (χ2n) is 5.30. The van der Waals surface area contributed by atoms with E-state index in [2.05, 4.69) is 6.07 Å². The summed E-state index contributed by atoms with van der Waals surface area (Å²) < 4.78 is 0. The standard InChI is InChI=1S/C16H13Cl2NO/c17-11-5-6-15-10(7-11)8-12-9-16(19(15)20-12)13-3-1-2-4-14(13)18/h1-7,12,16H,8-9H2/t12-,16-/m0/s1. The minimum atomic E-state index is 0.177. The third kappa shape index (κ3) is 1.91. The molecule has 2 heterocycles. The fraction of sp³-hybridized carbons (Fsp3) is 0.250. The summed E-state index contributed by atoms with van der Waals surface area (Å²) in [5, 5.41) is 3.57. The van der Waals surface area contributed by atoms with Gasteiger partial charge in [0.05, 0.1) is 17.8 Å². The molecule has 2 atom stereocenters. The van der Waals surface area contributed by atoms with Gasteiger partial charge in [-0.25, -0.2) is 5.06 Å². The summed E-state index contributed by atoms with van der Waals surface area (Å²) in [4.78, 5) is 6.02. The Kier molecular flexibility index (Phi) is 2.92. The molecule has 20 heavy (non-hydrogen) atoms. The van der Waals surface area contributed by atoms with E-state index in [0.29, 0.717) is 0 Å². The van der Waals surface area contributed by atoms with Crippen molar-refractivity contribution >= 4 is 28.9 Å². The van der Waals surface area contributed by atoms with Crippen molar-refractivity contribution in [3.8, 4) is 0 Å². The molecule has 1 fully saturated rings. The lowest BCUT2D eigenvalue weighted by molar-refractivity contribution is 0.0734. The fourth-order valence-corrected chi connectivity index (χ4v) is 3.60. The maximum atomic E-state index is 6.34. The van der Waals surface area contributed by atoms with Crippen LogP contribution in [0.2, 0.25) is 10.0 Å². The van der Waals surface area contributed by atoms with Gasteiger partial charge >= 0.3 is 0 Å². The molecule has 2 bridgehead atoms. The van der Waals surface area contributed by atoms with Crippen molar-refractivity contribution < 1.29 is 4.84 Å². The van der Waals surface area contributed by atoms with E-state index < -0.39 is 0 Å². The SMILES string of the molecule is Clc1ccc2c(c1)C[C@H]1C[C@@H](c3ccccc3Cl)N2O1. The van der Waals surface area contributed by atoms with Gasteiger partial charge in [0.1, 0.15) is 0 Å². The predicted octanol–water partition coefficient (Wildman–Crippen LogP) is 4.80. The third-order valence-corrected chi connectivity index (χ3v) is 4.60. The fourth-order valence-electron chi connectivity index (χ4n) is 3.14. The van der Waals surface area contributed by atoms with E-state index in [1.54, 1.807) is 0 Å². The van der Waals surface area contributed by atoms with E-state index in [1.165, 1.54) is 5.56 Å². The Morgan fingerprint density at radius 3 is 2.80 bits per heavy atom. The van der Waals surface area contributed by atoms with Crippen LogP contribution in [0.3, 0.4) is 0 Å². The van der Waals surface area contributed by atoms with Crippen molar-refractivity contribution in [2.45, 2.75) is 25.0 Å². The van der Waals surface area contributed by atoms with Gasteiger partial charge in [-0.2, -0.15) is 0 Å². The first-order valence-electron chi connectivity index (χ1n) is 6.71. The van der Waals surface area contributed by atoms with Crippen LogP contribution < -0.4 is 5.06 Å². The number of anilines is 1. The van der Waals surface area contributed by atoms with Gasteiger partial charge in [0, 0.05) is 22.9 Å². The highest BCUT2D eigenvalue weighted by atomic mass is 35.5. The molecule has 2 aliphatic rings. The number of hydrogen-bond acceptors (Lipinski definition) is 2. The zero-order valence-electron chi connectivity index (χ0n) is 10.7. The summed E-state index contributed by atoms with van der Waals surface area (Å²) in [5.74, 6) is 0. The highest BCUT2D eigenvalue weighted by molar-refractivity contribution is 6.31. The van der Waals surface area contributed by atoms with Gasteiger partial charge in [0.2, 0.25) is 0 Å². The first kappa shape index (κ1) is 12.5. The van der Waals surface area contributed by atoms with Crippen LogP contribution in [0.15, 0.2) is 42.5 Å². The van der Waals surface area contributed by atoms with Crippen molar-refractivity contribution in [3.05, 3.63) is 63.6 Å². The van der Waals surface area contributed by atoms with Gasteiger partial charge in [-0.15, -0.1) is 0 Å². The van der Waals surface area contributed by atoms with Crippen LogP contribution in [-0.4, -0.2) is 6.10 Å². The van der Waals surface area contributed by atoms with Crippen molar-refractivity contribution in [3.63, 3.8) is 0 Å². The number of hydroxylamine groups is 1. The summed E-state index contributed by atoms with van der Waals surface area (Å²) in [7, 11) is 0. The van der Waals surface area contributed by atoms with Crippen molar-refractivity contribution in [1.29, 1.82) is 0 Å². The molecule has 4 rings (SSSR count). The maximum absolute atomic E-state index is 6.34. The Bertz CT molecular complexity index is 673. The molecule has 2 aromatic rings. The molecular formula is C16H13Cl2NO. The largest absolute Gasteiger partial charge is 0.269 e. The number of halogens is 2. The number of benzene rings is 2. The van der Waals surface area contributed by atoms with Crippen LogP contribution in [0.1, 0.15) is 23.6 Å². The Hall–Kier alpha value is -1.22. The summed E-state index contributed by atoms with van der Waals surface area (Å²) in [6, 6.07) is 14.1. The zero-order valence-corrected chi connectivity index (χ0v) is 12.2. The molecule has 0 N–H and O–H groups in total. The van der Waals surface area contributed by atoms with E-state index in [4.69, 9.17) is 28.0 Å². The average Bonchev–Trinajstić information content (AvgIpc) is 2.77. The van der Waals surface area contributed by atoms with Crippen LogP contribution >= 0.6 is 23.2 Å². The van der Waals surface area contributed by atoms with Crippen LogP contribution in [-0.2, 0) is 11.3 Å². The highest BCUT2D eigenvalue weighted by Gasteiger charge is 2.40. The Morgan fingerprint density at radius 1 is 1.10 bits per heavy atom. The monoisotopic (exact) mass is 305 g/mol. The second-order valence-corrected chi connectivity index (χ2v) is 6.15. The first-order valence-corrected chi connectivity index (χ1v) is 7.47. The summed E-state index contributed by atoms with van der Waals surface area (Å²) >= 11 is 12.4. The minimum absolute atomic E-state index is 0.177. The van der Waals surface area contributed by atoms with Crippen molar-refractivity contribution in [2.24, 2.45) is 0 Å². The molecule has 2 aliphatic heterocycles. The number of fused-ring (bicyclic) bond motifs is 4. The van der Waals surface area contributed by atoms with Crippen molar-refractivity contribution in [2.75, 3.05) is 5.06 Å². The van der Waals surface area contributed by atoms with Crippen LogP contribution in [0, 0.1) is 0 Å². The van der Waals surface area contributed by atoms with E-state index in [-0.39, 0.29) is 12.1 Å². The van der Waals surface area contributed by atoms with E-state index in [0.717, 1.165) is 34.1 Å². The van der Waals surface area contributed by atoms with E-state index >= 15 is 0 Å². The molecular weight excluding hydrogens is 293 g/mol. The number of nitrogens with zero attached hydrogens (tertiary/aromatic N) is 1.